The highest BCUT2D eigenvalue weighted by atomic mass is 15.1. The molecule has 0 unspecified atom stereocenters. The van der Waals surface area contributed by atoms with Gasteiger partial charge in [-0.05, 0) is 64.3 Å². The summed E-state index contributed by atoms with van der Waals surface area (Å²) in [6.45, 7) is 6.88. The second-order valence-corrected chi connectivity index (χ2v) is 5.70. The molecule has 0 spiro atoms. The van der Waals surface area contributed by atoms with E-state index in [4.69, 9.17) is 0 Å². The quantitative estimate of drug-likeness (QED) is 0.804. The lowest BCUT2D eigenvalue weighted by Crippen LogP contribution is -2.31. The molecule has 18 heavy (non-hydrogen) atoms. The summed E-state index contributed by atoms with van der Waals surface area (Å²) in [6, 6.07) is 8.77. The van der Waals surface area contributed by atoms with Crippen LogP contribution in [0.4, 0.5) is 0 Å². The van der Waals surface area contributed by atoms with E-state index in [0.29, 0.717) is 0 Å². The van der Waals surface area contributed by atoms with Crippen molar-refractivity contribution in [2.75, 3.05) is 26.7 Å². The molecule has 1 N–H and O–H groups in total. The molecule has 1 aromatic rings. The van der Waals surface area contributed by atoms with E-state index in [1.165, 1.54) is 43.5 Å². The normalized spacial score (nSPS) is 18.1. The predicted octanol–water partition coefficient (Wildman–Crippen LogP) is 2.82. The van der Waals surface area contributed by atoms with Crippen molar-refractivity contribution in [3.8, 4) is 0 Å². The van der Waals surface area contributed by atoms with Gasteiger partial charge in [-0.2, -0.15) is 0 Å². The minimum atomic E-state index is 0.936. The van der Waals surface area contributed by atoms with Gasteiger partial charge in [0.2, 0.25) is 0 Å². The minimum absolute atomic E-state index is 0.936. The third kappa shape index (κ3) is 4.43. The number of aryl methyl sites for hydroxylation is 1. The van der Waals surface area contributed by atoms with Crippen LogP contribution in [0.5, 0.6) is 0 Å². The highest BCUT2D eigenvalue weighted by Gasteiger charge is 2.15. The summed E-state index contributed by atoms with van der Waals surface area (Å²) in [6.07, 6.45) is 4.09. The Balaban J connectivity index is 1.61. The molecule has 0 bridgehead atoms. The van der Waals surface area contributed by atoms with Crippen LogP contribution >= 0.6 is 0 Å². The number of nitrogens with one attached hydrogen (secondary N) is 1. The van der Waals surface area contributed by atoms with Crippen LogP contribution in [0.2, 0.25) is 0 Å². The van der Waals surface area contributed by atoms with Gasteiger partial charge in [-0.1, -0.05) is 29.8 Å². The SMILES string of the molecule is Cc1cccc(CNCCC2CCN(C)CC2)c1. The van der Waals surface area contributed by atoms with Crippen molar-refractivity contribution in [1.82, 2.24) is 10.2 Å². The summed E-state index contributed by atoms with van der Waals surface area (Å²) in [5, 5.41) is 3.57. The van der Waals surface area contributed by atoms with Crippen molar-refractivity contribution in [1.29, 1.82) is 0 Å². The van der Waals surface area contributed by atoms with E-state index in [0.717, 1.165) is 19.0 Å². The van der Waals surface area contributed by atoms with Crippen LogP contribution in [-0.4, -0.2) is 31.6 Å². The Morgan fingerprint density at radius 3 is 2.78 bits per heavy atom. The average molecular weight is 246 g/mol. The van der Waals surface area contributed by atoms with E-state index >= 15 is 0 Å². The third-order valence-corrected chi connectivity index (χ3v) is 3.98. The Labute approximate surface area is 111 Å². The minimum Gasteiger partial charge on any atom is -0.313 e. The number of piperidine rings is 1. The van der Waals surface area contributed by atoms with Crippen molar-refractivity contribution in [2.45, 2.75) is 32.7 Å². The van der Waals surface area contributed by atoms with Crippen LogP contribution in [0.3, 0.4) is 0 Å². The largest absolute Gasteiger partial charge is 0.313 e. The zero-order valence-corrected chi connectivity index (χ0v) is 11.8. The van der Waals surface area contributed by atoms with Gasteiger partial charge in [0.1, 0.15) is 0 Å². The Morgan fingerprint density at radius 2 is 2.06 bits per heavy atom. The van der Waals surface area contributed by atoms with Gasteiger partial charge in [0, 0.05) is 6.54 Å². The number of hydrogen-bond acceptors (Lipinski definition) is 2. The Kier molecular flexibility index (Phi) is 5.21. The summed E-state index contributed by atoms with van der Waals surface area (Å²) in [7, 11) is 2.23. The molecule has 0 aromatic heterocycles. The molecule has 1 heterocycles. The Morgan fingerprint density at radius 1 is 1.28 bits per heavy atom. The second kappa shape index (κ2) is 6.91. The summed E-state index contributed by atoms with van der Waals surface area (Å²) < 4.78 is 0. The van der Waals surface area contributed by atoms with E-state index in [1.54, 1.807) is 0 Å². The molecule has 0 atom stereocenters. The van der Waals surface area contributed by atoms with Crippen LogP contribution < -0.4 is 5.32 Å². The molecule has 0 amide bonds. The lowest BCUT2D eigenvalue weighted by molar-refractivity contribution is 0.211. The molecule has 0 radical (unpaired) electrons. The molecule has 2 rings (SSSR count). The molecule has 2 heteroatoms. The van der Waals surface area contributed by atoms with E-state index in [-0.39, 0.29) is 0 Å². The average Bonchev–Trinajstić information content (AvgIpc) is 2.37. The highest BCUT2D eigenvalue weighted by molar-refractivity contribution is 5.21. The summed E-state index contributed by atoms with van der Waals surface area (Å²) in [5.41, 5.74) is 2.75. The molecule has 1 aliphatic rings. The van der Waals surface area contributed by atoms with Crippen molar-refractivity contribution >= 4 is 0 Å². The highest BCUT2D eigenvalue weighted by Crippen LogP contribution is 2.18. The molecule has 0 saturated carbocycles. The first-order chi connectivity index (χ1) is 8.74. The summed E-state index contributed by atoms with van der Waals surface area (Å²) >= 11 is 0. The first-order valence-corrected chi connectivity index (χ1v) is 7.19. The van der Waals surface area contributed by atoms with Gasteiger partial charge in [0.05, 0.1) is 0 Å². The van der Waals surface area contributed by atoms with Crippen LogP contribution in [-0.2, 0) is 6.54 Å². The zero-order chi connectivity index (χ0) is 12.8. The lowest BCUT2D eigenvalue weighted by atomic mass is 9.94. The van der Waals surface area contributed by atoms with Crippen molar-refractivity contribution in [2.24, 2.45) is 5.92 Å². The van der Waals surface area contributed by atoms with Crippen molar-refractivity contribution in [3.63, 3.8) is 0 Å². The van der Waals surface area contributed by atoms with Gasteiger partial charge in [-0.15, -0.1) is 0 Å². The Hall–Kier alpha value is -0.860. The number of hydrogen-bond donors (Lipinski definition) is 1. The predicted molar refractivity (Wildman–Crippen MR) is 77.7 cm³/mol. The van der Waals surface area contributed by atoms with Crippen molar-refractivity contribution in [3.05, 3.63) is 35.4 Å². The van der Waals surface area contributed by atoms with E-state index < -0.39 is 0 Å². The number of nitrogens with zero attached hydrogens (tertiary/aromatic N) is 1. The topological polar surface area (TPSA) is 15.3 Å². The van der Waals surface area contributed by atoms with Gasteiger partial charge >= 0.3 is 0 Å². The van der Waals surface area contributed by atoms with E-state index in [1.807, 2.05) is 0 Å². The van der Waals surface area contributed by atoms with Gasteiger partial charge in [-0.3, -0.25) is 0 Å². The van der Waals surface area contributed by atoms with Crippen LogP contribution in [0.25, 0.3) is 0 Å². The fourth-order valence-corrected chi connectivity index (χ4v) is 2.71. The molecule has 1 saturated heterocycles. The third-order valence-electron chi connectivity index (χ3n) is 3.98. The molecule has 1 aliphatic heterocycles. The maximum atomic E-state index is 3.57. The maximum absolute atomic E-state index is 3.57. The van der Waals surface area contributed by atoms with Crippen LogP contribution in [0.15, 0.2) is 24.3 Å². The maximum Gasteiger partial charge on any atom is 0.0205 e. The molecule has 2 nitrogen and oxygen atoms in total. The standard InChI is InChI=1S/C16H26N2/c1-14-4-3-5-16(12-14)13-17-9-6-15-7-10-18(2)11-8-15/h3-5,12,15,17H,6-11,13H2,1-2H3. The van der Waals surface area contributed by atoms with Gasteiger partial charge in [0.25, 0.3) is 0 Å². The molecule has 100 valence electrons. The van der Waals surface area contributed by atoms with Crippen molar-refractivity contribution < 1.29 is 0 Å². The van der Waals surface area contributed by atoms with Crippen LogP contribution in [0, 0.1) is 12.8 Å². The number of benzene rings is 1. The summed E-state index contributed by atoms with van der Waals surface area (Å²) in [5.74, 6) is 0.936. The van der Waals surface area contributed by atoms with Gasteiger partial charge < -0.3 is 10.2 Å². The second-order valence-electron chi connectivity index (χ2n) is 5.70. The molecular formula is C16H26N2. The van der Waals surface area contributed by atoms with Gasteiger partial charge in [0.15, 0.2) is 0 Å². The first kappa shape index (κ1) is 13.6. The van der Waals surface area contributed by atoms with Gasteiger partial charge in [-0.25, -0.2) is 0 Å². The first-order valence-electron chi connectivity index (χ1n) is 7.19. The fourth-order valence-electron chi connectivity index (χ4n) is 2.71. The van der Waals surface area contributed by atoms with E-state index in [9.17, 15) is 0 Å². The fraction of sp³-hybridized carbons (Fsp3) is 0.625. The number of rotatable bonds is 5. The van der Waals surface area contributed by atoms with Crippen LogP contribution in [0.1, 0.15) is 30.4 Å². The Bertz CT molecular complexity index is 354. The summed E-state index contributed by atoms with van der Waals surface area (Å²) in [4.78, 5) is 2.44. The smallest absolute Gasteiger partial charge is 0.0205 e. The monoisotopic (exact) mass is 246 g/mol. The molecular weight excluding hydrogens is 220 g/mol. The van der Waals surface area contributed by atoms with E-state index in [2.05, 4.69) is 48.5 Å². The molecule has 0 aliphatic carbocycles. The number of likely N-dealkylation sites (tertiary alicyclic amines) is 1. The lowest BCUT2D eigenvalue weighted by Gasteiger charge is -2.28. The molecule has 1 fully saturated rings. The zero-order valence-electron chi connectivity index (χ0n) is 11.8. The molecule has 1 aromatic carbocycles.